The summed E-state index contributed by atoms with van der Waals surface area (Å²) >= 11 is 0. The van der Waals surface area contributed by atoms with Gasteiger partial charge in [-0.1, -0.05) is 12.1 Å². The normalized spacial score (nSPS) is 23.2. The van der Waals surface area contributed by atoms with Crippen LogP contribution in [-0.2, 0) is 6.54 Å². The Hall–Kier alpha value is -2.96. The summed E-state index contributed by atoms with van der Waals surface area (Å²) in [5, 5.41) is 2.70. The fourth-order valence-corrected chi connectivity index (χ4v) is 5.74. The number of fused-ring (bicyclic) bond motifs is 1. The molecule has 3 aliphatic heterocycles. The van der Waals surface area contributed by atoms with Crippen LogP contribution in [0, 0.1) is 0 Å². The molecule has 1 aromatic carbocycles. The minimum absolute atomic E-state index is 0.463. The van der Waals surface area contributed by atoms with E-state index in [-0.39, 0.29) is 0 Å². The molecule has 0 saturated carbocycles. The Morgan fingerprint density at radius 2 is 1.78 bits per heavy atom. The molecular formula is C25H34N6O. The van der Waals surface area contributed by atoms with Crippen molar-refractivity contribution >= 4 is 23.2 Å². The summed E-state index contributed by atoms with van der Waals surface area (Å²) in [6, 6.07) is 13.5. The zero-order valence-corrected chi connectivity index (χ0v) is 18.7. The van der Waals surface area contributed by atoms with E-state index in [2.05, 4.69) is 50.3 Å². The van der Waals surface area contributed by atoms with Gasteiger partial charge in [0.1, 0.15) is 5.82 Å². The Morgan fingerprint density at radius 1 is 0.938 bits per heavy atom. The van der Waals surface area contributed by atoms with Crippen LogP contribution >= 0.6 is 0 Å². The number of benzene rings is 1. The first-order valence-corrected chi connectivity index (χ1v) is 12.1. The zero-order chi connectivity index (χ0) is 21.9. The molecular weight excluding hydrogens is 400 g/mol. The van der Waals surface area contributed by atoms with Crippen molar-refractivity contribution in [2.45, 2.75) is 57.2 Å². The molecule has 2 atom stereocenters. The first kappa shape index (κ1) is 20.9. The molecule has 3 fully saturated rings. The summed E-state index contributed by atoms with van der Waals surface area (Å²) in [5.41, 5.74) is 8.88. The van der Waals surface area contributed by atoms with Crippen molar-refractivity contribution < 1.29 is 4.79 Å². The number of nitrogens with zero attached hydrogens (tertiary/aromatic N) is 4. The Balaban J connectivity index is 1.33. The Kier molecular flexibility index (Phi) is 6.06. The lowest BCUT2D eigenvalue weighted by Gasteiger charge is -2.42. The van der Waals surface area contributed by atoms with Crippen LogP contribution < -0.4 is 25.8 Å². The minimum atomic E-state index is -0.487. The van der Waals surface area contributed by atoms with Gasteiger partial charge in [-0.2, -0.15) is 0 Å². The number of primary amides is 1. The molecule has 5 rings (SSSR count). The van der Waals surface area contributed by atoms with E-state index in [0.29, 0.717) is 18.6 Å². The maximum atomic E-state index is 11.1. The first-order valence-electron chi connectivity index (χ1n) is 12.1. The molecule has 3 saturated heterocycles. The molecule has 1 aromatic heterocycles. The molecule has 32 heavy (non-hydrogen) atoms. The third-order valence-corrected chi connectivity index (χ3v) is 7.26. The highest BCUT2D eigenvalue weighted by atomic mass is 16.2. The van der Waals surface area contributed by atoms with E-state index in [9.17, 15) is 4.79 Å². The number of rotatable bonds is 5. The van der Waals surface area contributed by atoms with Crippen molar-refractivity contribution in [2.75, 3.05) is 40.9 Å². The number of hydrogen-bond donors (Lipinski definition) is 2. The van der Waals surface area contributed by atoms with E-state index >= 15 is 0 Å². The number of carbonyl (C=O) groups is 1. The Labute approximate surface area is 190 Å². The van der Waals surface area contributed by atoms with Crippen LogP contribution in [0.15, 0.2) is 42.6 Å². The second kappa shape index (κ2) is 9.27. The number of nitrogens with one attached hydrogen (secondary N) is 1. The van der Waals surface area contributed by atoms with E-state index in [1.807, 2.05) is 12.3 Å². The summed E-state index contributed by atoms with van der Waals surface area (Å²) in [6.07, 6.45) is 9.43. The van der Waals surface area contributed by atoms with E-state index in [1.54, 1.807) is 0 Å². The van der Waals surface area contributed by atoms with Gasteiger partial charge < -0.3 is 25.8 Å². The third kappa shape index (κ3) is 4.33. The molecule has 2 aromatic rings. The number of aromatic nitrogens is 1. The maximum absolute atomic E-state index is 11.1. The summed E-state index contributed by atoms with van der Waals surface area (Å²) in [4.78, 5) is 23.5. The molecule has 4 heterocycles. The molecule has 2 amide bonds. The summed E-state index contributed by atoms with van der Waals surface area (Å²) in [7, 11) is 0. The smallest absolute Gasteiger partial charge is 0.312 e. The van der Waals surface area contributed by atoms with Gasteiger partial charge in [-0.25, -0.2) is 9.78 Å². The van der Waals surface area contributed by atoms with Gasteiger partial charge >= 0.3 is 6.03 Å². The van der Waals surface area contributed by atoms with Crippen molar-refractivity contribution in [1.29, 1.82) is 0 Å². The summed E-state index contributed by atoms with van der Waals surface area (Å²) in [5.74, 6) is 1.13. The van der Waals surface area contributed by atoms with Crippen molar-refractivity contribution in [1.82, 2.24) is 10.3 Å². The van der Waals surface area contributed by atoms with Crippen molar-refractivity contribution in [3.63, 3.8) is 0 Å². The highest BCUT2D eigenvalue weighted by molar-refractivity contribution is 5.71. The third-order valence-electron chi connectivity index (χ3n) is 7.26. The van der Waals surface area contributed by atoms with Gasteiger partial charge in [-0.05, 0) is 62.3 Å². The van der Waals surface area contributed by atoms with Crippen LogP contribution in [-0.4, -0.2) is 49.3 Å². The topological polar surface area (TPSA) is 77.7 Å². The van der Waals surface area contributed by atoms with Crippen molar-refractivity contribution in [2.24, 2.45) is 5.73 Å². The minimum Gasteiger partial charge on any atom is -0.371 e. The largest absolute Gasteiger partial charge is 0.371 e. The monoisotopic (exact) mass is 434 g/mol. The molecule has 0 aliphatic carbocycles. The van der Waals surface area contributed by atoms with Gasteiger partial charge in [0.25, 0.3) is 0 Å². The summed E-state index contributed by atoms with van der Waals surface area (Å²) < 4.78 is 0. The molecule has 7 heteroatoms. The van der Waals surface area contributed by atoms with Crippen molar-refractivity contribution in [3.8, 4) is 0 Å². The highest BCUT2D eigenvalue weighted by Gasteiger charge is 2.41. The lowest BCUT2D eigenvalue weighted by molar-refractivity contribution is 0.248. The fourth-order valence-electron chi connectivity index (χ4n) is 5.74. The molecule has 0 unspecified atom stereocenters. The van der Waals surface area contributed by atoms with Gasteiger partial charge in [0.15, 0.2) is 0 Å². The van der Waals surface area contributed by atoms with Gasteiger partial charge in [0.05, 0.1) is 12.1 Å². The number of anilines is 3. The number of hydrogen-bond acceptors (Lipinski definition) is 5. The second-order valence-corrected chi connectivity index (χ2v) is 9.26. The van der Waals surface area contributed by atoms with Crippen molar-refractivity contribution in [3.05, 3.63) is 48.2 Å². The van der Waals surface area contributed by atoms with E-state index in [1.165, 1.54) is 43.5 Å². The quantitative estimate of drug-likeness (QED) is 0.753. The van der Waals surface area contributed by atoms with Gasteiger partial charge in [-0.15, -0.1) is 0 Å². The van der Waals surface area contributed by atoms with E-state index in [0.717, 1.165) is 44.0 Å². The molecule has 3 N–H and O–H groups in total. The van der Waals surface area contributed by atoms with E-state index < -0.39 is 6.03 Å². The van der Waals surface area contributed by atoms with Gasteiger partial charge in [0.2, 0.25) is 0 Å². The number of carbonyl (C=O) groups excluding carboxylic acids is 1. The Bertz CT molecular complexity index is 944. The lowest BCUT2D eigenvalue weighted by atomic mass is 9.95. The van der Waals surface area contributed by atoms with Crippen LogP contribution in [0.4, 0.5) is 22.0 Å². The maximum Gasteiger partial charge on any atom is 0.312 e. The standard InChI is InChI=1S/C25H34N6O/c26-25(32)28-18-19-6-4-7-21(16-19)30-14-5-8-22-23(30)10-15-31(22)24-17-20(9-11-27-24)29-12-2-1-3-13-29/h4,6-7,9,11,16-17,22-23H,1-3,5,8,10,12-15,18H2,(H3,26,28,32)/t22-,23-/m1/s1. The Morgan fingerprint density at radius 3 is 2.62 bits per heavy atom. The molecule has 7 nitrogen and oxygen atoms in total. The average Bonchev–Trinajstić information content (AvgIpc) is 3.28. The number of urea groups is 1. The average molecular weight is 435 g/mol. The number of pyridine rings is 1. The zero-order valence-electron chi connectivity index (χ0n) is 18.7. The highest BCUT2D eigenvalue weighted by Crippen LogP contribution is 2.37. The fraction of sp³-hybridized carbons (Fsp3) is 0.520. The predicted octanol–water partition coefficient (Wildman–Crippen LogP) is 3.49. The van der Waals surface area contributed by atoms with Gasteiger partial charge in [-0.3, -0.25) is 0 Å². The van der Waals surface area contributed by atoms with Crippen LogP contribution in [0.2, 0.25) is 0 Å². The number of nitrogens with two attached hydrogens (primary N) is 1. The molecule has 0 bridgehead atoms. The first-order chi connectivity index (χ1) is 15.7. The van der Waals surface area contributed by atoms with E-state index in [4.69, 9.17) is 10.7 Å². The second-order valence-electron chi connectivity index (χ2n) is 9.26. The van der Waals surface area contributed by atoms with Crippen LogP contribution in [0.1, 0.15) is 44.1 Å². The van der Waals surface area contributed by atoms with Crippen LogP contribution in [0.5, 0.6) is 0 Å². The van der Waals surface area contributed by atoms with Crippen LogP contribution in [0.25, 0.3) is 0 Å². The number of amides is 2. The molecule has 0 spiro atoms. The lowest BCUT2D eigenvalue weighted by Crippen LogP contribution is -2.50. The molecule has 170 valence electrons. The predicted molar refractivity (Wildman–Crippen MR) is 129 cm³/mol. The van der Waals surface area contributed by atoms with Crippen LogP contribution in [0.3, 0.4) is 0 Å². The van der Waals surface area contributed by atoms with Gasteiger partial charge in [0, 0.05) is 56.4 Å². The molecule has 0 radical (unpaired) electrons. The SMILES string of the molecule is NC(=O)NCc1cccc(N2CCC[C@@H]3[C@H]2CCN3c2cc(N3CCCCC3)ccn2)c1. The summed E-state index contributed by atoms with van der Waals surface area (Å²) in [6.45, 7) is 4.90. The number of piperidine rings is 2. The molecule has 3 aliphatic rings.